The minimum atomic E-state index is 0.940. The van der Waals surface area contributed by atoms with E-state index in [1.54, 1.807) is 0 Å². The normalized spacial score (nSPS) is 42.8. The van der Waals surface area contributed by atoms with E-state index in [0.717, 1.165) is 11.3 Å². The fraction of sp³-hybridized carbons (Fsp3) is 1.00. The quantitative estimate of drug-likeness (QED) is 0.460. The summed E-state index contributed by atoms with van der Waals surface area (Å²) in [7, 11) is 2.25. The van der Waals surface area contributed by atoms with Crippen molar-refractivity contribution in [2.45, 2.75) is 30.6 Å². The summed E-state index contributed by atoms with van der Waals surface area (Å²) in [6, 6.07) is 0.940. The lowest BCUT2D eigenvalue weighted by atomic mass is 10.1. The first kappa shape index (κ1) is 6.11. The molecular weight excluding hydrogens is 129 g/mol. The van der Waals surface area contributed by atoms with Gasteiger partial charge in [-0.1, -0.05) is 6.42 Å². The maximum absolute atomic E-state index is 2.50. The van der Waals surface area contributed by atoms with Gasteiger partial charge in [0.1, 0.15) is 0 Å². The van der Waals surface area contributed by atoms with Crippen molar-refractivity contribution < 1.29 is 0 Å². The summed E-state index contributed by atoms with van der Waals surface area (Å²) in [6.45, 7) is 1.27. The highest BCUT2D eigenvalue weighted by molar-refractivity contribution is 8.23. The molecule has 3 heteroatoms. The summed E-state index contributed by atoms with van der Waals surface area (Å²) in [5.41, 5.74) is 0. The molecule has 1 aliphatic heterocycles. The summed E-state index contributed by atoms with van der Waals surface area (Å²) < 4.78 is 0. The molecule has 1 nitrogen and oxygen atoms in total. The molecule has 2 fully saturated rings. The van der Waals surface area contributed by atoms with Crippen LogP contribution in [0.5, 0.6) is 0 Å². The highest BCUT2D eigenvalue weighted by Gasteiger charge is 2.36. The fourth-order valence-electron chi connectivity index (χ4n) is 1.91. The van der Waals surface area contributed by atoms with Gasteiger partial charge in [-0.2, -0.15) is 11.6 Å². The molecule has 1 saturated heterocycles. The molecule has 2 atom stereocenters. The first-order valence-electron chi connectivity index (χ1n) is 3.70. The van der Waals surface area contributed by atoms with E-state index in [-0.39, 0.29) is 0 Å². The minimum Gasteiger partial charge on any atom is -0.335 e. The number of nitrogens with zero attached hydrogens (tertiary/aromatic N) is 1. The molecule has 50 valence electrons. The zero-order chi connectivity index (χ0) is 6.27. The summed E-state index contributed by atoms with van der Waals surface area (Å²) in [6.07, 6.45) is 4.39. The lowest BCUT2D eigenvalue weighted by Gasteiger charge is -2.16. The Bertz CT molecular complexity index is 120. The van der Waals surface area contributed by atoms with Gasteiger partial charge < -0.3 is 4.81 Å². The molecule has 1 heterocycles. The molecule has 2 rings (SSSR count). The van der Waals surface area contributed by atoms with Gasteiger partial charge in [-0.05, 0) is 19.9 Å². The first-order valence-corrected chi connectivity index (χ1v) is 4.74. The predicted molar refractivity (Wildman–Crippen MR) is 43.9 cm³/mol. The van der Waals surface area contributed by atoms with Gasteiger partial charge in [-0.3, -0.25) is 0 Å². The molecule has 0 aromatic carbocycles. The zero-order valence-corrected chi connectivity index (χ0v) is 6.66. The van der Waals surface area contributed by atoms with Crippen LogP contribution in [0.3, 0.4) is 0 Å². The smallest absolute Gasteiger partial charge is 0.273 e. The van der Waals surface area contributed by atoms with E-state index in [1.165, 1.54) is 26.0 Å². The maximum Gasteiger partial charge on any atom is 0.273 e. The van der Waals surface area contributed by atoms with Gasteiger partial charge in [0.25, 0.3) is 6.69 Å². The lowest BCUT2D eigenvalue weighted by Crippen LogP contribution is -2.28. The Morgan fingerprint density at radius 3 is 3.22 bits per heavy atom. The molecule has 0 N–H and O–H groups in total. The Morgan fingerprint density at radius 2 is 2.44 bits per heavy atom. The topological polar surface area (TPSA) is 3.24 Å². The molecule has 2 unspecified atom stereocenters. The maximum atomic E-state index is 2.50. The molecular formula is C6H12BNS. The average Bonchev–Trinajstić information content (AvgIpc) is 2.35. The van der Waals surface area contributed by atoms with Gasteiger partial charge in [-0.25, -0.2) is 0 Å². The van der Waals surface area contributed by atoms with Crippen molar-refractivity contribution >= 4 is 18.3 Å². The Balaban J connectivity index is 2.07. The predicted octanol–water partition coefficient (Wildman–Crippen LogP) is 0.853. The van der Waals surface area contributed by atoms with Crippen molar-refractivity contribution in [1.82, 2.24) is 4.81 Å². The largest absolute Gasteiger partial charge is 0.335 e. The molecule has 2 aliphatic rings. The molecule has 0 spiro atoms. The van der Waals surface area contributed by atoms with Crippen LogP contribution >= 0.6 is 11.6 Å². The number of rotatable bonds is 0. The van der Waals surface area contributed by atoms with Crippen LogP contribution in [0, 0.1) is 0 Å². The van der Waals surface area contributed by atoms with Crippen LogP contribution in [0.4, 0.5) is 0 Å². The molecule has 0 bridgehead atoms. The molecule has 0 radical (unpaired) electrons. The van der Waals surface area contributed by atoms with Gasteiger partial charge in [-0.15, -0.1) is 0 Å². The van der Waals surface area contributed by atoms with Crippen molar-refractivity contribution in [3.63, 3.8) is 0 Å². The van der Waals surface area contributed by atoms with Crippen LogP contribution in [0.15, 0.2) is 0 Å². The van der Waals surface area contributed by atoms with E-state index < -0.39 is 0 Å². The lowest BCUT2D eigenvalue weighted by molar-refractivity contribution is 0.416. The summed E-state index contributed by atoms with van der Waals surface area (Å²) in [5.74, 6) is 0. The first-order chi connectivity index (χ1) is 4.38. The van der Waals surface area contributed by atoms with E-state index in [0.29, 0.717) is 0 Å². The van der Waals surface area contributed by atoms with Crippen LogP contribution < -0.4 is 0 Å². The summed E-state index contributed by atoms with van der Waals surface area (Å²) in [4.78, 5) is 2.50. The Kier molecular flexibility index (Phi) is 1.50. The summed E-state index contributed by atoms with van der Waals surface area (Å²) in [5, 5.41) is 0.995. The standard InChI is InChI=1S/C6H12BNS/c1-8-5-3-2-4-6(5)9-7-8/h5-7H,2-4H2,1H3. The van der Waals surface area contributed by atoms with Gasteiger partial charge in [0.2, 0.25) is 0 Å². The summed E-state index contributed by atoms with van der Waals surface area (Å²) >= 11 is 2.15. The van der Waals surface area contributed by atoms with E-state index >= 15 is 0 Å². The van der Waals surface area contributed by atoms with Gasteiger partial charge in [0, 0.05) is 11.3 Å². The van der Waals surface area contributed by atoms with Crippen LogP contribution in [-0.4, -0.2) is 29.8 Å². The minimum absolute atomic E-state index is 0.940. The third-order valence-corrected chi connectivity index (χ3v) is 4.01. The van der Waals surface area contributed by atoms with Crippen LogP contribution in [0.1, 0.15) is 19.3 Å². The fourth-order valence-corrected chi connectivity index (χ4v) is 3.43. The molecule has 9 heavy (non-hydrogen) atoms. The number of fused-ring (bicyclic) bond motifs is 1. The van der Waals surface area contributed by atoms with E-state index in [1.807, 2.05) is 0 Å². The second-order valence-corrected chi connectivity index (χ2v) is 4.29. The molecule has 0 aromatic heterocycles. The number of hydrogen-bond donors (Lipinski definition) is 0. The molecule has 1 aliphatic carbocycles. The Morgan fingerprint density at radius 1 is 1.56 bits per heavy atom. The van der Waals surface area contributed by atoms with Crippen molar-refractivity contribution in [3.05, 3.63) is 0 Å². The highest BCUT2D eigenvalue weighted by atomic mass is 32.2. The zero-order valence-electron chi connectivity index (χ0n) is 5.84. The van der Waals surface area contributed by atoms with Gasteiger partial charge in [0.05, 0.1) is 0 Å². The van der Waals surface area contributed by atoms with Crippen molar-refractivity contribution in [3.8, 4) is 0 Å². The average molecular weight is 141 g/mol. The molecule has 1 saturated carbocycles. The monoisotopic (exact) mass is 141 g/mol. The van der Waals surface area contributed by atoms with Crippen molar-refractivity contribution in [2.75, 3.05) is 7.05 Å². The van der Waals surface area contributed by atoms with E-state index in [9.17, 15) is 0 Å². The van der Waals surface area contributed by atoms with Gasteiger partial charge >= 0.3 is 0 Å². The second-order valence-electron chi connectivity index (χ2n) is 3.09. The molecule has 0 amide bonds. The van der Waals surface area contributed by atoms with E-state index in [2.05, 4.69) is 23.5 Å². The van der Waals surface area contributed by atoms with Crippen LogP contribution in [0.25, 0.3) is 0 Å². The highest BCUT2D eigenvalue weighted by Crippen LogP contribution is 2.37. The van der Waals surface area contributed by atoms with E-state index in [4.69, 9.17) is 0 Å². The Labute approximate surface area is 61.3 Å². The van der Waals surface area contributed by atoms with Gasteiger partial charge in [0.15, 0.2) is 0 Å². The van der Waals surface area contributed by atoms with Crippen molar-refractivity contribution in [2.24, 2.45) is 0 Å². The second kappa shape index (κ2) is 2.20. The third kappa shape index (κ3) is 0.907. The number of hydrogen-bond acceptors (Lipinski definition) is 2. The van der Waals surface area contributed by atoms with Crippen LogP contribution in [0.2, 0.25) is 0 Å². The Hall–Kier alpha value is 0.375. The molecule has 0 aromatic rings. The van der Waals surface area contributed by atoms with Crippen LogP contribution in [-0.2, 0) is 0 Å². The van der Waals surface area contributed by atoms with Crippen molar-refractivity contribution in [1.29, 1.82) is 0 Å². The third-order valence-electron chi connectivity index (χ3n) is 2.48. The SMILES string of the molecule is CN1BSC2CCCC21.